The molecule has 1 aliphatic heterocycles. The van der Waals surface area contributed by atoms with Gasteiger partial charge in [0.25, 0.3) is 5.91 Å². The van der Waals surface area contributed by atoms with Crippen molar-refractivity contribution in [2.75, 3.05) is 13.2 Å². The van der Waals surface area contributed by atoms with Gasteiger partial charge in [-0.05, 0) is 62.9 Å². The third-order valence-corrected chi connectivity index (χ3v) is 5.07. The van der Waals surface area contributed by atoms with E-state index in [1.165, 1.54) is 0 Å². The van der Waals surface area contributed by atoms with Gasteiger partial charge in [0, 0.05) is 17.8 Å². The van der Waals surface area contributed by atoms with Gasteiger partial charge in [0.1, 0.15) is 19.0 Å². The van der Waals surface area contributed by atoms with Crippen LogP contribution in [0, 0.1) is 6.92 Å². The Kier molecular flexibility index (Phi) is 5.14. The van der Waals surface area contributed by atoms with E-state index in [1.807, 2.05) is 19.1 Å². The number of hydrogen-bond donors (Lipinski definition) is 1. The summed E-state index contributed by atoms with van der Waals surface area (Å²) >= 11 is 0. The Hall–Kier alpha value is -2.76. The van der Waals surface area contributed by atoms with E-state index < -0.39 is 0 Å². The lowest BCUT2D eigenvalue weighted by molar-refractivity contribution is 0.0892. The molecule has 1 fully saturated rings. The Morgan fingerprint density at radius 1 is 1.11 bits per heavy atom. The van der Waals surface area contributed by atoms with E-state index in [9.17, 15) is 4.79 Å². The zero-order chi connectivity index (χ0) is 18.6. The van der Waals surface area contributed by atoms with Gasteiger partial charge in [-0.15, -0.1) is 0 Å². The van der Waals surface area contributed by atoms with Crippen LogP contribution in [0.15, 0.2) is 36.5 Å². The molecule has 2 heterocycles. The highest BCUT2D eigenvalue weighted by Crippen LogP contribution is 2.31. The lowest BCUT2D eigenvalue weighted by Crippen LogP contribution is -2.39. The van der Waals surface area contributed by atoms with Crippen molar-refractivity contribution in [3.05, 3.63) is 47.8 Å². The molecule has 1 N–H and O–H groups in total. The van der Waals surface area contributed by atoms with E-state index >= 15 is 0 Å². The first-order valence-corrected chi connectivity index (χ1v) is 9.48. The van der Waals surface area contributed by atoms with Crippen LogP contribution in [0.4, 0.5) is 0 Å². The first-order chi connectivity index (χ1) is 13.2. The lowest BCUT2D eigenvalue weighted by atomic mass is 9.92. The van der Waals surface area contributed by atoms with E-state index in [1.54, 1.807) is 24.4 Å². The molecule has 6 heteroatoms. The van der Waals surface area contributed by atoms with Crippen LogP contribution in [-0.2, 0) is 0 Å². The summed E-state index contributed by atoms with van der Waals surface area (Å²) < 4.78 is 17.1. The van der Waals surface area contributed by atoms with Gasteiger partial charge in [0.15, 0.2) is 11.5 Å². The SMILES string of the molecule is Cc1ncccc1OC1CCC(NC(=O)c2ccc3c(c2)OCCO3)CC1. The summed E-state index contributed by atoms with van der Waals surface area (Å²) in [6, 6.07) is 9.34. The van der Waals surface area contributed by atoms with Crippen LogP contribution < -0.4 is 19.5 Å². The second-order valence-electron chi connectivity index (χ2n) is 7.01. The van der Waals surface area contributed by atoms with Crippen molar-refractivity contribution in [2.24, 2.45) is 0 Å². The molecule has 27 heavy (non-hydrogen) atoms. The van der Waals surface area contributed by atoms with Gasteiger partial charge in [0.05, 0.1) is 11.8 Å². The van der Waals surface area contributed by atoms with E-state index in [0.717, 1.165) is 37.1 Å². The molecule has 1 aliphatic carbocycles. The maximum Gasteiger partial charge on any atom is 0.251 e. The summed E-state index contributed by atoms with van der Waals surface area (Å²) in [6.07, 6.45) is 5.59. The molecule has 2 aromatic rings. The van der Waals surface area contributed by atoms with Gasteiger partial charge in [0.2, 0.25) is 0 Å². The maximum absolute atomic E-state index is 12.6. The molecule has 142 valence electrons. The Balaban J connectivity index is 1.30. The molecule has 0 radical (unpaired) electrons. The topological polar surface area (TPSA) is 69.7 Å². The van der Waals surface area contributed by atoms with E-state index in [-0.39, 0.29) is 18.1 Å². The zero-order valence-electron chi connectivity index (χ0n) is 15.4. The number of hydrogen-bond acceptors (Lipinski definition) is 5. The highest BCUT2D eigenvalue weighted by molar-refractivity contribution is 5.95. The minimum atomic E-state index is -0.0700. The lowest BCUT2D eigenvalue weighted by Gasteiger charge is -2.30. The van der Waals surface area contributed by atoms with Crippen LogP contribution in [0.2, 0.25) is 0 Å². The van der Waals surface area contributed by atoms with Crippen molar-refractivity contribution in [3.63, 3.8) is 0 Å². The Labute approximate surface area is 158 Å². The van der Waals surface area contributed by atoms with Crippen molar-refractivity contribution in [3.8, 4) is 17.2 Å². The second-order valence-corrected chi connectivity index (χ2v) is 7.01. The average molecular weight is 368 g/mol. The molecule has 0 spiro atoms. The van der Waals surface area contributed by atoms with Gasteiger partial charge in [-0.1, -0.05) is 0 Å². The van der Waals surface area contributed by atoms with Crippen molar-refractivity contribution < 1.29 is 19.0 Å². The minimum absolute atomic E-state index is 0.0700. The summed E-state index contributed by atoms with van der Waals surface area (Å²) in [4.78, 5) is 16.8. The molecule has 1 saturated carbocycles. The molecule has 4 rings (SSSR count). The van der Waals surface area contributed by atoms with Crippen LogP contribution in [0.25, 0.3) is 0 Å². The number of nitrogens with zero attached hydrogens (tertiary/aromatic N) is 1. The number of fused-ring (bicyclic) bond motifs is 1. The Bertz CT molecular complexity index is 816. The molecule has 0 bridgehead atoms. The standard InChI is InChI=1S/C21H24N2O4/c1-14-18(3-2-10-22-14)27-17-7-5-16(6-8-17)23-21(24)15-4-9-19-20(13-15)26-12-11-25-19/h2-4,9-10,13,16-17H,5-8,11-12H2,1H3,(H,23,24). The summed E-state index contributed by atoms with van der Waals surface area (Å²) in [7, 11) is 0. The minimum Gasteiger partial charge on any atom is -0.489 e. The van der Waals surface area contributed by atoms with E-state index in [4.69, 9.17) is 14.2 Å². The quantitative estimate of drug-likeness (QED) is 0.897. The predicted octanol–water partition coefficient (Wildman–Crippen LogP) is 3.28. The van der Waals surface area contributed by atoms with Gasteiger partial charge in [-0.2, -0.15) is 0 Å². The maximum atomic E-state index is 12.6. The van der Waals surface area contributed by atoms with Gasteiger partial charge < -0.3 is 19.5 Å². The fourth-order valence-corrected chi connectivity index (χ4v) is 3.55. The van der Waals surface area contributed by atoms with Crippen molar-refractivity contribution in [2.45, 2.75) is 44.8 Å². The number of pyridine rings is 1. The van der Waals surface area contributed by atoms with Crippen LogP contribution >= 0.6 is 0 Å². The van der Waals surface area contributed by atoms with Crippen LogP contribution in [0.1, 0.15) is 41.7 Å². The Morgan fingerprint density at radius 3 is 2.67 bits per heavy atom. The predicted molar refractivity (Wildman–Crippen MR) is 101 cm³/mol. The number of amides is 1. The van der Waals surface area contributed by atoms with Crippen molar-refractivity contribution >= 4 is 5.91 Å². The van der Waals surface area contributed by atoms with Crippen molar-refractivity contribution in [1.82, 2.24) is 10.3 Å². The summed E-state index contributed by atoms with van der Waals surface area (Å²) in [5.41, 5.74) is 1.51. The Morgan fingerprint density at radius 2 is 1.89 bits per heavy atom. The number of carbonyl (C=O) groups excluding carboxylic acids is 1. The molecule has 6 nitrogen and oxygen atoms in total. The monoisotopic (exact) mass is 368 g/mol. The average Bonchev–Trinajstić information content (AvgIpc) is 2.71. The smallest absolute Gasteiger partial charge is 0.251 e. The highest BCUT2D eigenvalue weighted by atomic mass is 16.6. The third-order valence-electron chi connectivity index (χ3n) is 5.07. The molecule has 0 atom stereocenters. The normalized spacial score (nSPS) is 21.4. The van der Waals surface area contributed by atoms with Gasteiger partial charge in [-0.25, -0.2) is 0 Å². The molecule has 0 unspecified atom stereocenters. The number of rotatable bonds is 4. The van der Waals surface area contributed by atoms with E-state index in [2.05, 4.69) is 10.3 Å². The molecular weight excluding hydrogens is 344 g/mol. The second kappa shape index (κ2) is 7.86. The van der Waals surface area contributed by atoms with Crippen LogP contribution in [0.3, 0.4) is 0 Å². The van der Waals surface area contributed by atoms with Crippen molar-refractivity contribution in [1.29, 1.82) is 0 Å². The summed E-state index contributed by atoms with van der Waals surface area (Å²) in [5, 5.41) is 3.13. The van der Waals surface area contributed by atoms with Gasteiger partial charge >= 0.3 is 0 Å². The van der Waals surface area contributed by atoms with Gasteiger partial charge in [-0.3, -0.25) is 9.78 Å². The number of ether oxygens (including phenoxy) is 3. The summed E-state index contributed by atoms with van der Waals surface area (Å²) in [5.74, 6) is 2.11. The van der Waals surface area contributed by atoms with Crippen LogP contribution in [0.5, 0.6) is 17.2 Å². The molecule has 2 aliphatic rings. The van der Waals surface area contributed by atoms with Crippen LogP contribution in [-0.4, -0.2) is 36.3 Å². The molecule has 1 aromatic heterocycles. The zero-order valence-corrected chi connectivity index (χ0v) is 15.4. The number of carbonyl (C=O) groups is 1. The fourth-order valence-electron chi connectivity index (χ4n) is 3.55. The largest absolute Gasteiger partial charge is 0.489 e. The number of nitrogens with one attached hydrogen (secondary N) is 1. The number of aryl methyl sites for hydroxylation is 1. The number of aromatic nitrogens is 1. The number of benzene rings is 1. The first kappa shape index (κ1) is 17.6. The first-order valence-electron chi connectivity index (χ1n) is 9.48. The fraction of sp³-hybridized carbons (Fsp3) is 0.429. The molecule has 1 amide bonds. The molecular formula is C21H24N2O4. The third kappa shape index (κ3) is 4.15. The molecule has 0 saturated heterocycles. The van der Waals surface area contributed by atoms with E-state index in [0.29, 0.717) is 30.3 Å². The summed E-state index contributed by atoms with van der Waals surface area (Å²) in [6.45, 7) is 3.01. The molecule has 1 aromatic carbocycles. The highest BCUT2D eigenvalue weighted by Gasteiger charge is 2.25.